The van der Waals surface area contributed by atoms with Crippen LogP contribution < -0.4 is 15.2 Å². The molecule has 0 bridgehead atoms. The van der Waals surface area contributed by atoms with Crippen molar-refractivity contribution in [3.05, 3.63) is 23.3 Å². The maximum absolute atomic E-state index is 5.74. The normalized spacial score (nSPS) is 15.2. The van der Waals surface area contributed by atoms with Crippen LogP contribution in [0.1, 0.15) is 30.9 Å². The van der Waals surface area contributed by atoms with Gasteiger partial charge in [-0.2, -0.15) is 0 Å². The monoisotopic (exact) mass is 221 g/mol. The zero-order valence-electron chi connectivity index (χ0n) is 9.95. The van der Waals surface area contributed by atoms with Crippen LogP contribution in [0.15, 0.2) is 12.1 Å². The maximum Gasteiger partial charge on any atom is 0.231 e. The standard InChI is InChI=1S/C13H19NO2/c1-9-6-12-13(16-8-15-12)7-11(9)5-3-4-10(2)14/h6-7,10H,3-5,8,14H2,1-2H3. The van der Waals surface area contributed by atoms with E-state index in [2.05, 4.69) is 19.1 Å². The van der Waals surface area contributed by atoms with E-state index < -0.39 is 0 Å². The van der Waals surface area contributed by atoms with Crippen LogP contribution in [0, 0.1) is 6.92 Å². The van der Waals surface area contributed by atoms with Gasteiger partial charge in [0, 0.05) is 6.04 Å². The molecule has 1 aliphatic heterocycles. The second-order valence-corrected chi connectivity index (χ2v) is 4.50. The highest BCUT2D eigenvalue weighted by Gasteiger charge is 2.15. The van der Waals surface area contributed by atoms with Gasteiger partial charge < -0.3 is 15.2 Å². The van der Waals surface area contributed by atoms with Crippen LogP contribution in [0.5, 0.6) is 11.5 Å². The highest BCUT2D eigenvalue weighted by atomic mass is 16.7. The van der Waals surface area contributed by atoms with Crippen molar-refractivity contribution < 1.29 is 9.47 Å². The van der Waals surface area contributed by atoms with Gasteiger partial charge in [0.1, 0.15) is 0 Å². The quantitative estimate of drug-likeness (QED) is 0.849. The van der Waals surface area contributed by atoms with E-state index >= 15 is 0 Å². The molecular weight excluding hydrogens is 202 g/mol. The molecule has 0 saturated carbocycles. The summed E-state index contributed by atoms with van der Waals surface area (Å²) in [6.07, 6.45) is 3.25. The van der Waals surface area contributed by atoms with E-state index in [0.29, 0.717) is 6.79 Å². The minimum absolute atomic E-state index is 0.286. The summed E-state index contributed by atoms with van der Waals surface area (Å²) >= 11 is 0. The van der Waals surface area contributed by atoms with Gasteiger partial charge in [0.15, 0.2) is 11.5 Å². The van der Waals surface area contributed by atoms with Crippen molar-refractivity contribution >= 4 is 0 Å². The third-order valence-electron chi connectivity index (χ3n) is 2.94. The molecule has 3 heteroatoms. The molecule has 88 valence electrons. The summed E-state index contributed by atoms with van der Waals surface area (Å²) in [6.45, 7) is 4.51. The van der Waals surface area contributed by atoms with E-state index in [-0.39, 0.29) is 6.04 Å². The Hall–Kier alpha value is -1.22. The molecule has 0 aromatic heterocycles. The molecule has 1 unspecified atom stereocenters. The molecule has 16 heavy (non-hydrogen) atoms. The molecule has 0 amide bonds. The Morgan fingerprint density at radius 2 is 2.00 bits per heavy atom. The van der Waals surface area contributed by atoms with Crippen LogP contribution in [0.4, 0.5) is 0 Å². The lowest BCUT2D eigenvalue weighted by atomic mass is 10.0. The minimum atomic E-state index is 0.286. The average Bonchev–Trinajstić information content (AvgIpc) is 2.64. The van der Waals surface area contributed by atoms with Crippen LogP contribution in [0.3, 0.4) is 0 Å². The fourth-order valence-corrected chi connectivity index (χ4v) is 1.97. The Kier molecular flexibility index (Phi) is 3.34. The summed E-state index contributed by atoms with van der Waals surface area (Å²) < 4.78 is 10.7. The molecule has 2 rings (SSSR count). The molecule has 1 aromatic carbocycles. The van der Waals surface area contributed by atoms with Crippen LogP contribution in [0.25, 0.3) is 0 Å². The Bertz CT molecular complexity index is 374. The number of hydrogen-bond acceptors (Lipinski definition) is 3. The summed E-state index contributed by atoms with van der Waals surface area (Å²) in [4.78, 5) is 0. The third kappa shape index (κ3) is 2.47. The Morgan fingerprint density at radius 1 is 1.31 bits per heavy atom. The average molecular weight is 221 g/mol. The zero-order valence-corrected chi connectivity index (χ0v) is 9.95. The second kappa shape index (κ2) is 4.74. The van der Waals surface area contributed by atoms with Crippen molar-refractivity contribution in [1.29, 1.82) is 0 Å². The summed E-state index contributed by atoms with van der Waals surface area (Å²) in [6, 6.07) is 4.44. The third-order valence-corrected chi connectivity index (χ3v) is 2.94. The first-order valence-corrected chi connectivity index (χ1v) is 5.81. The number of benzene rings is 1. The zero-order chi connectivity index (χ0) is 11.5. The second-order valence-electron chi connectivity index (χ2n) is 4.50. The number of ether oxygens (including phenoxy) is 2. The number of hydrogen-bond donors (Lipinski definition) is 1. The van der Waals surface area contributed by atoms with Crippen molar-refractivity contribution in [2.75, 3.05) is 6.79 Å². The first-order chi connectivity index (χ1) is 7.66. The number of nitrogens with two attached hydrogens (primary N) is 1. The van der Waals surface area contributed by atoms with E-state index in [4.69, 9.17) is 15.2 Å². The fourth-order valence-electron chi connectivity index (χ4n) is 1.97. The largest absolute Gasteiger partial charge is 0.454 e. The van der Waals surface area contributed by atoms with E-state index in [0.717, 1.165) is 30.8 Å². The molecule has 0 spiro atoms. The Morgan fingerprint density at radius 3 is 2.69 bits per heavy atom. The van der Waals surface area contributed by atoms with Gasteiger partial charge in [-0.3, -0.25) is 0 Å². The number of rotatable bonds is 4. The number of fused-ring (bicyclic) bond motifs is 1. The molecular formula is C13H19NO2. The van der Waals surface area contributed by atoms with Gasteiger partial charge in [0.25, 0.3) is 0 Å². The van der Waals surface area contributed by atoms with E-state index in [1.54, 1.807) is 0 Å². The van der Waals surface area contributed by atoms with Crippen LogP contribution in [0.2, 0.25) is 0 Å². The lowest BCUT2D eigenvalue weighted by Gasteiger charge is -2.08. The highest BCUT2D eigenvalue weighted by Crippen LogP contribution is 2.34. The Balaban J connectivity index is 2.04. The molecule has 0 saturated heterocycles. The maximum atomic E-state index is 5.74. The van der Waals surface area contributed by atoms with Gasteiger partial charge in [-0.25, -0.2) is 0 Å². The van der Waals surface area contributed by atoms with Crippen molar-refractivity contribution in [3.63, 3.8) is 0 Å². The lowest BCUT2D eigenvalue weighted by molar-refractivity contribution is 0.174. The predicted octanol–water partition coefficient (Wildman–Crippen LogP) is 2.39. The molecule has 0 fully saturated rings. The molecule has 3 nitrogen and oxygen atoms in total. The van der Waals surface area contributed by atoms with Gasteiger partial charge in [0.2, 0.25) is 6.79 Å². The van der Waals surface area contributed by atoms with E-state index in [1.807, 2.05) is 6.92 Å². The van der Waals surface area contributed by atoms with Gasteiger partial charge in [-0.15, -0.1) is 0 Å². The topological polar surface area (TPSA) is 44.5 Å². The van der Waals surface area contributed by atoms with E-state index in [1.165, 1.54) is 11.1 Å². The summed E-state index contributed by atoms with van der Waals surface area (Å²) in [5.74, 6) is 1.75. The molecule has 1 aliphatic rings. The summed E-state index contributed by atoms with van der Waals surface area (Å²) in [7, 11) is 0. The number of aryl methyl sites for hydroxylation is 2. The van der Waals surface area contributed by atoms with E-state index in [9.17, 15) is 0 Å². The molecule has 0 aliphatic carbocycles. The summed E-state index contributed by atoms with van der Waals surface area (Å²) in [5, 5.41) is 0. The summed E-state index contributed by atoms with van der Waals surface area (Å²) in [5.41, 5.74) is 8.35. The van der Waals surface area contributed by atoms with Gasteiger partial charge in [0.05, 0.1) is 0 Å². The van der Waals surface area contributed by atoms with Gasteiger partial charge >= 0.3 is 0 Å². The first kappa shape index (κ1) is 11.3. The SMILES string of the molecule is Cc1cc2c(cc1CCCC(C)N)OCO2. The molecule has 0 radical (unpaired) electrons. The molecule has 1 atom stereocenters. The van der Waals surface area contributed by atoms with Crippen molar-refractivity contribution in [2.24, 2.45) is 5.73 Å². The van der Waals surface area contributed by atoms with Gasteiger partial charge in [-0.05, 0) is 56.4 Å². The molecule has 2 N–H and O–H groups in total. The molecule has 1 aromatic rings. The smallest absolute Gasteiger partial charge is 0.231 e. The van der Waals surface area contributed by atoms with Crippen molar-refractivity contribution in [1.82, 2.24) is 0 Å². The van der Waals surface area contributed by atoms with Gasteiger partial charge in [-0.1, -0.05) is 0 Å². The van der Waals surface area contributed by atoms with Crippen LogP contribution in [-0.2, 0) is 6.42 Å². The minimum Gasteiger partial charge on any atom is -0.454 e. The molecule has 1 heterocycles. The predicted molar refractivity (Wildman–Crippen MR) is 63.9 cm³/mol. The van der Waals surface area contributed by atoms with Crippen molar-refractivity contribution in [3.8, 4) is 11.5 Å². The van der Waals surface area contributed by atoms with Crippen LogP contribution in [-0.4, -0.2) is 12.8 Å². The van der Waals surface area contributed by atoms with Crippen molar-refractivity contribution in [2.45, 2.75) is 39.2 Å². The lowest BCUT2D eigenvalue weighted by Crippen LogP contribution is -2.14. The fraction of sp³-hybridized carbons (Fsp3) is 0.538. The van der Waals surface area contributed by atoms with Crippen LogP contribution >= 0.6 is 0 Å². The Labute approximate surface area is 96.5 Å². The first-order valence-electron chi connectivity index (χ1n) is 5.81. The highest BCUT2D eigenvalue weighted by molar-refractivity contribution is 5.48.